The zero-order chi connectivity index (χ0) is 17.5. The van der Waals surface area contributed by atoms with Crippen molar-refractivity contribution >= 4 is 23.7 Å². The molecule has 0 bridgehead atoms. The molecule has 24 heavy (non-hydrogen) atoms. The Kier molecular flexibility index (Phi) is 5.78. The summed E-state index contributed by atoms with van der Waals surface area (Å²) in [5, 5.41) is 10.3. The number of aryl methyl sites for hydroxylation is 1. The van der Waals surface area contributed by atoms with Gasteiger partial charge in [-0.2, -0.15) is 5.10 Å². The van der Waals surface area contributed by atoms with Gasteiger partial charge >= 0.3 is 0 Å². The number of carbonyl (C=O) groups is 1. The van der Waals surface area contributed by atoms with Crippen LogP contribution in [0.1, 0.15) is 29.8 Å². The topological polar surface area (TPSA) is 63.1 Å². The molecule has 0 saturated heterocycles. The van der Waals surface area contributed by atoms with Crippen LogP contribution in [0, 0.1) is 12.7 Å². The van der Waals surface area contributed by atoms with Gasteiger partial charge in [-0.05, 0) is 43.7 Å². The monoisotopic (exact) mass is 327 g/mol. The quantitative estimate of drug-likeness (QED) is 0.520. The van der Waals surface area contributed by atoms with E-state index in [1.54, 1.807) is 38.3 Å². The first-order valence-electron chi connectivity index (χ1n) is 7.37. The van der Waals surface area contributed by atoms with Gasteiger partial charge < -0.3 is 10.1 Å². The number of halogens is 1. The van der Waals surface area contributed by atoms with Crippen molar-refractivity contribution in [3.05, 3.63) is 59.4 Å². The third-order valence-electron chi connectivity index (χ3n) is 3.12. The molecule has 5 nitrogen and oxygen atoms in total. The van der Waals surface area contributed by atoms with E-state index in [1.165, 1.54) is 18.2 Å². The van der Waals surface area contributed by atoms with Crippen LogP contribution in [0.2, 0.25) is 0 Å². The maximum Gasteiger partial charge on any atom is 0.255 e. The molecule has 0 aromatic heterocycles. The Bertz CT molecular complexity index is 801. The van der Waals surface area contributed by atoms with Gasteiger partial charge in [0.2, 0.25) is 5.90 Å². The van der Waals surface area contributed by atoms with Crippen LogP contribution >= 0.6 is 0 Å². The van der Waals surface area contributed by atoms with Gasteiger partial charge in [0.25, 0.3) is 5.91 Å². The van der Waals surface area contributed by atoms with E-state index in [2.05, 4.69) is 15.5 Å². The van der Waals surface area contributed by atoms with E-state index < -0.39 is 11.7 Å². The molecule has 2 aromatic carbocycles. The van der Waals surface area contributed by atoms with Gasteiger partial charge in [0.1, 0.15) is 11.6 Å². The Balaban J connectivity index is 2.18. The van der Waals surface area contributed by atoms with Crippen molar-refractivity contribution in [2.75, 3.05) is 5.32 Å². The third-order valence-corrected chi connectivity index (χ3v) is 3.12. The predicted molar refractivity (Wildman–Crippen MR) is 93.4 cm³/mol. The van der Waals surface area contributed by atoms with Crippen LogP contribution < -0.4 is 10.1 Å². The zero-order valence-corrected chi connectivity index (χ0v) is 13.7. The van der Waals surface area contributed by atoms with Crippen LogP contribution in [0.4, 0.5) is 10.1 Å². The molecule has 0 spiro atoms. The van der Waals surface area contributed by atoms with Crippen LogP contribution in [0.15, 0.2) is 52.7 Å². The lowest BCUT2D eigenvalue weighted by atomic mass is 10.1. The lowest BCUT2D eigenvalue weighted by Crippen LogP contribution is -2.13. The molecule has 124 valence electrons. The maximum atomic E-state index is 13.2. The number of carbonyl (C=O) groups excluding carboxylic acids is 1. The second-order valence-electron chi connectivity index (χ2n) is 5.04. The highest BCUT2D eigenvalue weighted by Gasteiger charge is 2.10. The molecule has 2 aromatic rings. The van der Waals surface area contributed by atoms with Gasteiger partial charge in [0.05, 0.1) is 0 Å². The highest BCUT2D eigenvalue weighted by molar-refractivity contribution is 6.04. The summed E-state index contributed by atoms with van der Waals surface area (Å²) in [7, 11) is 0. The number of rotatable bonds is 4. The molecule has 0 unspecified atom stereocenters. The smallest absolute Gasteiger partial charge is 0.255 e. The van der Waals surface area contributed by atoms with E-state index in [4.69, 9.17) is 4.74 Å². The van der Waals surface area contributed by atoms with E-state index in [-0.39, 0.29) is 5.56 Å². The molecule has 0 atom stereocenters. The standard InChI is InChI=1S/C18H18FN3O2/c1-4-20-22-13(3)24-16-9-8-12(2)17(11-16)21-18(23)14-6-5-7-15(19)10-14/h4-11H,1-3H3,(H,21,23)/b20-4-,22-13-. The highest BCUT2D eigenvalue weighted by Crippen LogP contribution is 2.23. The fourth-order valence-electron chi connectivity index (χ4n) is 1.95. The van der Waals surface area contributed by atoms with E-state index in [9.17, 15) is 9.18 Å². The number of hydrogen-bond acceptors (Lipinski definition) is 4. The third kappa shape index (κ3) is 4.74. The molecule has 0 fully saturated rings. The predicted octanol–water partition coefficient (Wildman–Crippen LogP) is 4.19. The first-order chi connectivity index (χ1) is 11.5. The molecule has 1 amide bonds. The van der Waals surface area contributed by atoms with Crippen LogP contribution in [-0.2, 0) is 0 Å². The molecule has 0 heterocycles. The Hall–Kier alpha value is -3.02. The van der Waals surface area contributed by atoms with Gasteiger partial charge in [-0.25, -0.2) is 4.39 Å². The Morgan fingerprint density at radius 1 is 1.25 bits per heavy atom. The number of anilines is 1. The van der Waals surface area contributed by atoms with Gasteiger partial charge in [0.15, 0.2) is 0 Å². The Morgan fingerprint density at radius 3 is 2.75 bits per heavy atom. The van der Waals surface area contributed by atoms with E-state index in [1.807, 2.05) is 13.0 Å². The second kappa shape index (κ2) is 8.01. The SMILES string of the molecule is C/C=N\N=C(\C)Oc1ccc(C)c(NC(=O)c2cccc(F)c2)c1. The largest absolute Gasteiger partial charge is 0.442 e. The van der Waals surface area contributed by atoms with E-state index in [0.29, 0.717) is 17.3 Å². The molecule has 0 aliphatic heterocycles. The van der Waals surface area contributed by atoms with Gasteiger partial charge in [-0.15, -0.1) is 5.10 Å². The Labute approximate surface area is 139 Å². The molecule has 1 N–H and O–H groups in total. The van der Waals surface area contributed by atoms with Crippen LogP contribution in [0.25, 0.3) is 0 Å². The minimum atomic E-state index is -0.459. The number of nitrogens with zero attached hydrogens (tertiary/aromatic N) is 2. The molecular formula is C18H18FN3O2. The van der Waals surface area contributed by atoms with Crippen molar-refractivity contribution < 1.29 is 13.9 Å². The maximum absolute atomic E-state index is 13.2. The van der Waals surface area contributed by atoms with Gasteiger partial charge in [-0.1, -0.05) is 12.1 Å². The summed E-state index contributed by atoms with van der Waals surface area (Å²) >= 11 is 0. The van der Waals surface area contributed by atoms with Crippen LogP contribution in [-0.4, -0.2) is 18.0 Å². The number of nitrogens with one attached hydrogen (secondary N) is 1. The van der Waals surface area contributed by atoms with Crippen molar-refractivity contribution in [1.29, 1.82) is 0 Å². The molecule has 0 radical (unpaired) electrons. The average Bonchev–Trinajstić information content (AvgIpc) is 2.56. The highest BCUT2D eigenvalue weighted by atomic mass is 19.1. The first kappa shape index (κ1) is 17.3. The summed E-state index contributed by atoms with van der Waals surface area (Å²) in [4.78, 5) is 12.2. The molecule has 0 aliphatic rings. The van der Waals surface area contributed by atoms with Crippen molar-refractivity contribution in [3.8, 4) is 5.75 Å². The van der Waals surface area contributed by atoms with Crippen molar-refractivity contribution in [1.82, 2.24) is 0 Å². The van der Waals surface area contributed by atoms with Crippen LogP contribution in [0.3, 0.4) is 0 Å². The average molecular weight is 327 g/mol. The first-order valence-corrected chi connectivity index (χ1v) is 7.37. The summed E-state index contributed by atoms with van der Waals surface area (Å²) < 4.78 is 18.8. The number of ether oxygens (including phenoxy) is 1. The van der Waals surface area contributed by atoms with E-state index >= 15 is 0 Å². The molecule has 0 saturated carbocycles. The zero-order valence-electron chi connectivity index (χ0n) is 13.7. The number of benzene rings is 2. The van der Waals surface area contributed by atoms with Gasteiger partial charge in [0, 0.05) is 30.5 Å². The van der Waals surface area contributed by atoms with E-state index in [0.717, 1.165) is 5.56 Å². The molecule has 2 rings (SSSR count). The number of hydrogen-bond donors (Lipinski definition) is 1. The summed E-state index contributed by atoms with van der Waals surface area (Å²) in [6, 6.07) is 10.8. The lowest BCUT2D eigenvalue weighted by molar-refractivity contribution is 0.102. The summed E-state index contributed by atoms with van der Waals surface area (Å²) in [6.07, 6.45) is 1.55. The second-order valence-corrected chi connectivity index (χ2v) is 5.04. The summed E-state index contributed by atoms with van der Waals surface area (Å²) in [6.45, 7) is 5.29. The van der Waals surface area contributed by atoms with Crippen molar-refractivity contribution in [2.45, 2.75) is 20.8 Å². The molecular weight excluding hydrogens is 309 g/mol. The van der Waals surface area contributed by atoms with Gasteiger partial charge in [-0.3, -0.25) is 4.79 Å². The Morgan fingerprint density at radius 2 is 2.04 bits per heavy atom. The summed E-state index contributed by atoms with van der Waals surface area (Å²) in [5.74, 6) is 0.0394. The lowest BCUT2D eigenvalue weighted by Gasteiger charge is -2.11. The molecule has 6 heteroatoms. The normalized spacial score (nSPS) is 11.6. The minimum Gasteiger partial charge on any atom is -0.442 e. The fraction of sp³-hybridized carbons (Fsp3) is 0.167. The summed E-state index contributed by atoms with van der Waals surface area (Å²) in [5.41, 5.74) is 1.68. The van der Waals surface area contributed by atoms with Crippen molar-refractivity contribution in [3.63, 3.8) is 0 Å². The van der Waals surface area contributed by atoms with Crippen molar-refractivity contribution in [2.24, 2.45) is 10.2 Å². The minimum absolute atomic E-state index is 0.246. The number of amides is 1. The van der Waals surface area contributed by atoms with Crippen LogP contribution in [0.5, 0.6) is 5.75 Å². The fourth-order valence-corrected chi connectivity index (χ4v) is 1.95. The molecule has 0 aliphatic carbocycles.